The van der Waals surface area contributed by atoms with Crippen molar-refractivity contribution in [3.8, 4) is 0 Å². The van der Waals surface area contributed by atoms with Crippen molar-refractivity contribution >= 4 is 34.6 Å². The molecule has 1 heterocycles. The summed E-state index contributed by atoms with van der Waals surface area (Å²) in [5, 5.41) is 1.17. The Morgan fingerprint density at radius 1 is 1.22 bits per heavy atom. The molecule has 0 bridgehead atoms. The van der Waals surface area contributed by atoms with Crippen LogP contribution in [0.5, 0.6) is 0 Å². The maximum Gasteiger partial charge on any atom is 0.0849 e. The van der Waals surface area contributed by atoms with Gasteiger partial charge in [-0.3, -0.25) is 0 Å². The van der Waals surface area contributed by atoms with E-state index in [1.54, 1.807) is 0 Å². The maximum atomic E-state index is 6.39. The predicted molar refractivity (Wildman–Crippen MR) is 78.0 cm³/mol. The van der Waals surface area contributed by atoms with Gasteiger partial charge in [-0.2, -0.15) is 0 Å². The van der Waals surface area contributed by atoms with Crippen molar-refractivity contribution in [2.45, 2.75) is 19.8 Å². The zero-order valence-electron chi connectivity index (χ0n) is 10.7. The summed E-state index contributed by atoms with van der Waals surface area (Å²) in [6.45, 7) is 7.12. The monoisotopic (exact) mass is 288 g/mol. The number of halogens is 2. The fraction of sp³-hybridized carbons (Fsp3) is 0.538. The van der Waals surface area contributed by atoms with E-state index in [-0.39, 0.29) is 0 Å². The van der Waals surface area contributed by atoms with E-state index in [1.165, 1.54) is 0 Å². The highest BCUT2D eigenvalue weighted by Gasteiger charge is 2.21. The Morgan fingerprint density at radius 2 is 1.83 bits per heavy atom. The minimum Gasteiger partial charge on any atom is -0.397 e. The van der Waals surface area contributed by atoms with Gasteiger partial charge in [-0.1, -0.05) is 37.0 Å². The van der Waals surface area contributed by atoms with Crippen LogP contribution in [0.25, 0.3) is 0 Å². The largest absolute Gasteiger partial charge is 0.397 e. The molecule has 2 N–H and O–H groups in total. The normalized spacial score (nSPS) is 16.4. The van der Waals surface area contributed by atoms with Crippen LogP contribution in [0.4, 0.5) is 11.4 Å². The standard InChI is InChI=1S/C13H18Cl2N2O/c1-8(2)9-7-10(16)13(12(15)11(9)14)17-3-5-18-6-4-17/h7-8H,3-6,16H2,1-2H3. The van der Waals surface area contributed by atoms with E-state index < -0.39 is 0 Å². The molecule has 3 nitrogen and oxygen atoms in total. The molecule has 0 unspecified atom stereocenters. The lowest BCUT2D eigenvalue weighted by molar-refractivity contribution is 0.123. The molecule has 0 radical (unpaired) electrons. The third-order valence-electron chi connectivity index (χ3n) is 3.19. The molecule has 1 saturated heterocycles. The molecule has 2 rings (SSSR count). The number of ether oxygens (including phenoxy) is 1. The van der Waals surface area contributed by atoms with Crippen molar-refractivity contribution in [3.05, 3.63) is 21.7 Å². The van der Waals surface area contributed by atoms with Crippen molar-refractivity contribution in [1.29, 1.82) is 0 Å². The van der Waals surface area contributed by atoms with Gasteiger partial charge in [0.15, 0.2) is 0 Å². The fourth-order valence-electron chi connectivity index (χ4n) is 2.19. The molecule has 0 aromatic heterocycles. The van der Waals surface area contributed by atoms with Crippen LogP contribution in [0, 0.1) is 0 Å². The summed E-state index contributed by atoms with van der Waals surface area (Å²) in [6.07, 6.45) is 0. The zero-order chi connectivity index (χ0) is 13.3. The molecule has 5 heteroatoms. The second-order valence-corrected chi connectivity index (χ2v) is 5.54. The van der Waals surface area contributed by atoms with Gasteiger partial charge in [0.05, 0.1) is 34.6 Å². The van der Waals surface area contributed by atoms with Crippen molar-refractivity contribution in [3.63, 3.8) is 0 Å². The molecular weight excluding hydrogens is 271 g/mol. The third-order valence-corrected chi connectivity index (χ3v) is 4.06. The molecule has 0 atom stereocenters. The summed E-state index contributed by atoms with van der Waals surface area (Å²) >= 11 is 12.7. The lowest BCUT2D eigenvalue weighted by Crippen LogP contribution is -2.36. The molecule has 1 aliphatic rings. The molecule has 1 aromatic carbocycles. The topological polar surface area (TPSA) is 38.5 Å². The first kappa shape index (κ1) is 13.8. The molecule has 100 valence electrons. The first-order valence-corrected chi connectivity index (χ1v) is 6.88. The Balaban J connectivity index is 2.45. The molecule has 1 aromatic rings. The lowest BCUT2D eigenvalue weighted by Gasteiger charge is -2.31. The number of hydrogen-bond donors (Lipinski definition) is 1. The van der Waals surface area contributed by atoms with Gasteiger partial charge in [0.25, 0.3) is 0 Å². The molecule has 0 spiro atoms. The summed E-state index contributed by atoms with van der Waals surface area (Å²) in [5.41, 5.74) is 8.66. The number of rotatable bonds is 2. The van der Waals surface area contributed by atoms with Crippen LogP contribution in [-0.4, -0.2) is 26.3 Å². The van der Waals surface area contributed by atoms with E-state index in [0.29, 0.717) is 34.9 Å². The van der Waals surface area contributed by atoms with Gasteiger partial charge in [-0.15, -0.1) is 0 Å². The van der Waals surface area contributed by atoms with Crippen molar-refractivity contribution in [1.82, 2.24) is 0 Å². The summed E-state index contributed by atoms with van der Waals surface area (Å²) < 4.78 is 5.33. The van der Waals surface area contributed by atoms with Crippen molar-refractivity contribution in [2.24, 2.45) is 0 Å². The van der Waals surface area contributed by atoms with Crippen LogP contribution in [-0.2, 0) is 4.74 Å². The van der Waals surface area contributed by atoms with Crippen LogP contribution in [0.1, 0.15) is 25.3 Å². The smallest absolute Gasteiger partial charge is 0.0849 e. The van der Waals surface area contributed by atoms with Gasteiger partial charge in [0.1, 0.15) is 0 Å². The third kappa shape index (κ3) is 2.53. The van der Waals surface area contributed by atoms with E-state index in [2.05, 4.69) is 18.7 Å². The van der Waals surface area contributed by atoms with Crippen LogP contribution in [0.15, 0.2) is 6.07 Å². The van der Waals surface area contributed by atoms with Gasteiger partial charge < -0.3 is 15.4 Å². The minimum absolute atomic E-state index is 0.302. The van der Waals surface area contributed by atoms with Crippen LogP contribution in [0.3, 0.4) is 0 Å². The van der Waals surface area contributed by atoms with Gasteiger partial charge in [0, 0.05) is 13.1 Å². The molecule has 1 fully saturated rings. The number of nitrogens with two attached hydrogens (primary N) is 1. The number of nitrogen functional groups attached to an aromatic ring is 1. The second-order valence-electron chi connectivity index (χ2n) is 4.79. The van der Waals surface area contributed by atoms with Gasteiger partial charge in [-0.05, 0) is 17.5 Å². The fourth-order valence-corrected chi connectivity index (χ4v) is 2.89. The molecule has 0 saturated carbocycles. The number of morpholine rings is 1. The van der Waals surface area contributed by atoms with Gasteiger partial charge in [0.2, 0.25) is 0 Å². The van der Waals surface area contributed by atoms with Crippen molar-refractivity contribution in [2.75, 3.05) is 36.9 Å². The van der Waals surface area contributed by atoms with E-state index in [9.17, 15) is 0 Å². The van der Waals surface area contributed by atoms with Crippen LogP contribution < -0.4 is 10.6 Å². The number of anilines is 2. The first-order chi connectivity index (χ1) is 8.52. The number of nitrogens with zero attached hydrogens (tertiary/aromatic N) is 1. The average Bonchev–Trinajstić information content (AvgIpc) is 2.35. The first-order valence-electron chi connectivity index (χ1n) is 6.12. The highest BCUT2D eigenvalue weighted by atomic mass is 35.5. The van der Waals surface area contributed by atoms with E-state index in [0.717, 1.165) is 24.3 Å². The minimum atomic E-state index is 0.302. The molecular formula is C13H18Cl2N2O. The lowest BCUT2D eigenvalue weighted by atomic mass is 10.0. The Labute approximate surface area is 118 Å². The van der Waals surface area contributed by atoms with Crippen LogP contribution >= 0.6 is 23.2 Å². The zero-order valence-corrected chi connectivity index (χ0v) is 12.2. The highest BCUT2D eigenvalue weighted by molar-refractivity contribution is 6.44. The summed E-state index contributed by atoms with van der Waals surface area (Å²) in [4.78, 5) is 2.14. The van der Waals surface area contributed by atoms with E-state index >= 15 is 0 Å². The molecule has 1 aliphatic heterocycles. The maximum absolute atomic E-state index is 6.39. The Bertz CT molecular complexity index is 443. The predicted octanol–water partition coefficient (Wildman–Crippen LogP) is 3.54. The highest BCUT2D eigenvalue weighted by Crippen LogP contribution is 2.42. The molecule has 0 amide bonds. The van der Waals surface area contributed by atoms with E-state index in [1.807, 2.05) is 6.07 Å². The number of benzene rings is 1. The average molecular weight is 289 g/mol. The SMILES string of the molecule is CC(C)c1cc(N)c(N2CCOCC2)c(Cl)c1Cl. The van der Waals surface area contributed by atoms with Crippen molar-refractivity contribution < 1.29 is 4.74 Å². The number of hydrogen-bond acceptors (Lipinski definition) is 3. The van der Waals surface area contributed by atoms with Gasteiger partial charge in [-0.25, -0.2) is 0 Å². The summed E-state index contributed by atoms with van der Waals surface area (Å²) in [5.74, 6) is 0.302. The van der Waals surface area contributed by atoms with E-state index in [4.69, 9.17) is 33.7 Å². The Morgan fingerprint density at radius 3 is 2.39 bits per heavy atom. The van der Waals surface area contributed by atoms with Crippen LogP contribution in [0.2, 0.25) is 10.0 Å². The molecule has 0 aliphatic carbocycles. The Kier molecular flexibility index (Phi) is 4.25. The Hall–Kier alpha value is -0.640. The summed E-state index contributed by atoms with van der Waals surface area (Å²) in [7, 11) is 0. The summed E-state index contributed by atoms with van der Waals surface area (Å²) in [6, 6.07) is 1.93. The second kappa shape index (κ2) is 5.55. The van der Waals surface area contributed by atoms with Gasteiger partial charge >= 0.3 is 0 Å². The molecule has 18 heavy (non-hydrogen) atoms. The quantitative estimate of drug-likeness (QED) is 0.846.